The van der Waals surface area contributed by atoms with Crippen LogP contribution in [0.15, 0.2) is 24.3 Å². The van der Waals surface area contributed by atoms with Crippen LogP contribution in [0.25, 0.3) is 0 Å². The molecular weight excluding hydrogens is 468 g/mol. The minimum Gasteiger partial charge on any atom is -0.493 e. The SMILES string of the molecule is CCCC1C(C(=O)N2CCC(O)(c3ccccc3OCCCC3(C(=O)O)CCCC3)CC2)CCCN1C. The lowest BCUT2D eigenvalue weighted by Crippen LogP contribution is -2.53. The fraction of sp³-hybridized carbons (Fsp3) is 0.733. The maximum Gasteiger partial charge on any atom is 0.309 e. The average molecular weight is 515 g/mol. The number of benzene rings is 1. The van der Waals surface area contributed by atoms with Gasteiger partial charge in [0.15, 0.2) is 0 Å². The van der Waals surface area contributed by atoms with Crippen LogP contribution in [0.3, 0.4) is 0 Å². The van der Waals surface area contributed by atoms with Crippen LogP contribution in [-0.4, -0.2) is 71.2 Å². The normalized spacial score (nSPS) is 25.6. The molecule has 2 heterocycles. The highest BCUT2D eigenvalue weighted by molar-refractivity contribution is 5.80. The van der Waals surface area contributed by atoms with Gasteiger partial charge >= 0.3 is 5.97 Å². The van der Waals surface area contributed by atoms with Crippen molar-refractivity contribution in [3.63, 3.8) is 0 Å². The zero-order valence-corrected chi connectivity index (χ0v) is 22.8. The number of likely N-dealkylation sites (tertiary alicyclic amines) is 2. The molecular formula is C30H46N2O5. The molecule has 0 radical (unpaired) electrons. The second kappa shape index (κ2) is 12.2. The van der Waals surface area contributed by atoms with Gasteiger partial charge in [-0.05, 0) is 77.4 Å². The first kappa shape index (κ1) is 27.9. The third-order valence-electron chi connectivity index (χ3n) is 9.32. The largest absolute Gasteiger partial charge is 0.493 e. The minimum absolute atomic E-state index is 0.0504. The topological polar surface area (TPSA) is 90.3 Å². The smallest absolute Gasteiger partial charge is 0.309 e. The molecule has 0 bridgehead atoms. The third-order valence-corrected chi connectivity index (χ3v) is 9.32. The molecule has 3 aliphatic rings. The number of hydrogen-bond acceptors (Lipinski definition) is 5. The van der Waals surface area contributed by atoms with Crippen LogP contribution in [0.5, 0.6) is 5.75 Å². The van der Waals surface area contributed by atoms with Crippen LogP contribution in [-0.2, 0) is 15.2 Å². The molecule has 3 fully saturated rings. The van der Waals surface area contributed by atoms with E-state index in [-0.39, 0.29) is 11.8 Å². The Bertz CT molecular complexity index is 920. The van der Waals surface area contributed by atoms with Crippen molar-refractivity contribution in [2.45, 2.75) is 95.6 Å². The van der Waals surface area contributed by atoms with Crippen LogP contribution >= 0.6 is 0 Å². The number of aliphatic hydroxyl groups is 1. The molecule has 2 unspecified atom stereocenters. The van der Waals surface area contributed by atoms with Gasteiger partial charge in [0, 0.05) is 24.7 Å². The van der Waals surface area contributed by atoms with E-state index in [9.17, 15) is 19.8 Å². The Morgan fingerprint density at radius 2 is 1.76 bits per heavy atom. The second-order valence-electron chi connectivity index (χ2n) is 11.7. The molecule has 7 nitrogen and oxygen atoms in total. The highest BCUT2D eigenvalue weighted by atomic mass is 16.5. The van der Waals surface area contributed by atoms with Crippen molar-refractivity contribution in [2.24, 2.45) is 11.3 Å². The van der Waals surface area contributed by atoms with E-state index >= 15 is 0 Å². The Morgan fingerprint density at radius 3 is 2.43 bits per heavy atom. The van der Waals surface area contributed by atoms with Gasteiger partial charge in [-0.3, -0.25) is 9.59 Å². The fourth-order valence-electron chi connectivity index (χ4n) is 7.02. The molecule has 7 heteroatoms. The molecule has 0 aromatic heterocycles. The molecule has 1 saturated carbocycles. The quantitative estimate of drug-likeness (QED) is 0.436. The fourth-order valence-corrected chi connectivity index (χ4v) is 7.02. The van der Waals surface area contributed by atoms with Crippen molar-refractivity contribution in [1.82, 2.24) is 9.80 Å². The maximum absolute atomic E-state index is 13.5. The Hall–Kier alpha value is -2.12. The molecule has 1 aromatic rings. The molecule has 37 heavy (non-hydrogen) atoms. The predicted octanol–water partition coefficient (Wildman–Crippen LogP) is 4.81. The van der Waals surface area contributed by atoms with Crippen molar-refractivity contribution in [1.29, 1.82) is 0 Å². The summed E-state index contributed by atoms with van der Waals surface area (Å²) in [5, 5.41) is 21.4. The van der Waals surface area contributed by atoms with E-state index in [1.807, 2.05) is 29.2 Å². The van der Waals surface area contributed by atoms with Crippen LogP contribution < -0.4 is 4.74 Å². The van der Waals surface area contributed by atoms with Crippen molar-refractivity contribution >= 4 is 11.9 Å². The molecule has 1 aliphatic carbocycles. The molecule has 4 rings (SSSR count). The predicted molar refractivity (Wildman–Crippen MR) is 143 cm³/mol. The summed E-state index contributed by atoms with van der Waals surface area (Å²) in [6.07, 6.45) is 9.89. The van der Waals surface area contributed by atoms with Gasteiger partial charge in [0.1, 0.15) is 5.75 Å². The summed E-state index contributed by atoms with van der Waals surface area (Å²) in [6, 6.07) is 7.95. The summed E-state index contributed by atoms with van der Waals surface area (Å²) >= 11 is 0. The zero-order chi connectivity index (χ0) is 26.5. The Morgan fingerprint density at radius 1 is 1.05 bits per heavy atom. The number of aliphatic carboxylic acids is 1. The van der Waals surface area contributed by atoms with Gasteiger partial charge in [-0.2, -0.15) is 0 Å². The van der Waals surface area contributed by atoms with Crippen molar-refractivity contribution in [3.8, 4) is 5.75 Å². The number of para-hydroxylation sites is 1. The van der Waals surface area contributed by atoms with E-state index in [0.29, 0.717) is 57.2 Å². The average Bonchev–Trinajstić information content (AvgIpc) is 3.39. The summed E-state index contributed by atoms with van der Waals surface area (Å²) in [6.45, 7) is 4.76. The third kappa shape index (κ3) is 6.14. The van der Waals surface area contributed by atoms with E-state index in [1.54, 1.807) is 0 Å². The first-order valence-electron chi connectivity index (χ1n) is 14.5. The zero-order valence-electron chi connectivity index (χ0n) is 22.8. The number of piperidine rings is 2. The van der Waals surface area contributed by atoms with Crippen LogP contribution in [0.1, 0.15) is 89.5 Å². The number of carboxylic acid groups (broad SMARTS) is 1. The van der Waals surface area contributed by atoms with Crippen molar-refractivity contribution < 1.29 is 24.5 Å². The molecule has 1 aromatic carbocycles. The van der Waals surface area contributed by atoms with Crippen LogP contribution in [0.4, 0.5) is 0 Å². The Kier molecular flexibility index (Phi) is 9.17. The molecule has 206 valence electrons. The number of nitrogens with zero attached hydrogens (tertiary/aromatic N) is 2. The number of carboxylic acids is 1. The lowest BCUT2D eigenvalue weighted by atomic mass is 9.81. The maximum atomic E-state index is 13.5. The number of rotatable bonds is 10. The molecule has 2 atom stereocenters. The number of hydrogen-bond donors (Lipinski definition) is 2. The number of carbonyl (C=O) groups is 2. The van der Waals surface area contributed by atoms with Gasteiger partial charge in [0.2, 0.25) is 5.91 Å². The van der Waals surface area contributed by atoms with E-state index in [1.165, 1.54) is 0 Å². The molecule has 0 spiro atoms. The van der Waals surface area contributed by atoms with Crippen LogP contribution in [0.2, 0.25) is 0 Å². The van der Waals surface area contributed by atoms with E-state index < -0.39 is 17.0 Å². The minimum atomic E-state index is -1.03. The second-order valence-corrected chi connectivity index (χ2v) is 11.7. The van der Waals surface area contributed by atoms with Crippen molar-refractivity contribution in [2.75, 3.05) is 33.3 Å². The van der Waals surface area contributed by atoms with Gasteiger partial charge in [-0.15, -0.1) is 0 Å². The Balaban J connectivity index is 1.35. The van der Waals surface area contributed by atoms with Crippen molar-refractivity contribution in [3.05, 3.63) is 29.8 Å². The number of amides is 1. The van der Waals surface area contributed by atoms with Gasteiger partial charge in [-0.25, -0.2) is 0 Å². The van der Waals surface area contributed by atoms with E-state index in [0.717, 1.165) is 63.5 Å². The van der Waals surface area contributed by atoms with E-state index in [2.05, 4.69) is 18.9 Å². The standard InChI is InChI=1S/C30H46N2O5/c1-3-10-25-23(11-8-19-31(25)2)27(33)32-20-17-30(36,18-21-32)24-12-4-5-13-26(24)37-22-9-16-29(28(34)35)14-6-7-15-29/h4-5,12-13,23,25,36H,3,6-11,14-22H2,1-2H3,(H,34,35). The first-order chi connectivity index (χ1) is 17.8. The van der Waals surface area contributed by atoms with Gasteiger partial charge in [0.25, 0.3) is 0 Å². The van der Waals surface area contributed by atoms with Gasteiger partial charge < -0.3 is 24.7 Å². The van der Waals surface area contributed by atoms with Gasteiger partial charge in [0.05, 0.1) is 23.5 Å². The number of carbonyl (C=O) groups excluding carboxylic acids is 1. The lowest BCUT2D eigenvalue weighted by Gasteiger charge is -2.44. The Labute approximate surface area is 222 Å². The summed E-state index contributed by atoms with van der Waals surface area (Å²) in [7, 11) is 2.14. The molecule has 2 saturated heterocycles. The molecule has 2 N–H and O–H groups in total. The first-order valence-corrected chi connectivity index (χ1v) is 14.5. The monoisotopic (exact) mass is 514 g/mol. The van der Waals surface area contributed by atoms with Crippen LogP contribution in [0, 0.1) is 11.3 Å². The summed E-state index contributed by atoms with van der Waals surface area (Å²) in [5.74, 6) is 0.282. The summed E-state index contributed by atoms with van der Waals surface area (Å²) < 4.78 is 6.12. The summed E-state index contributed by atoms with van der Waals surface area (Å²) in [5.41, 5.74) is -0.853. The highest BCUT2D eigenvalue weighted by Gasteiger charge is 2.42. The molecule has 2 aliphatic heterocycles. The highest BCUT2D eigenvalue weighted by Crippen LogP contribution is 2.43. The van der Waals surface area contributed by atoms with E-state index in [4.69, 9.17) is 4.74 Å². The number of ether oxygens (including phenoxy) is 1. The molecule has 1 amide bonds. The summed E-state index contributed by atoms with van der Waals surface area (Å²) in [4.78, 5) is 29.7. The van der Waals surface area contributed by atoms with Gasteiger partial charge in [-0.1, -0.05) is 44.4 Å². The lowest BCUT2D eigenvalue weighted by molar-refractivity contribution is -0.149.